The average molecular weight is 253 g/mol. The molecule has 0 radical (unpaired) electrons. The molecule has 0 atom stereocenters. The summed E-state index contributed by atoms with van der Waals surface area (Å²) in [6, 6.07) is 5.71. The summed E-state index contributed by atoms with van der Waals surface area (Å²) in [4.78, 5) is 12.7. The van der Waals surface area contributed by atoms with E-state index in [0.717, 1.165) is 12.0 Å². The van der Waals surface area contributed by atoms with Gasteiger partial charge in [0, 0.05) is 13.6 Å². The first-order valence-corrected chi connectivity index (χ1v) is 5.62. The highest BCUT2D eigenvalue weighted by atomic mass is 16.5. The number of hydrogen-bond acceptors (Lipinski definition) is 4. The lowest BCUT2D eigenvalue weighted by Crippen LogP contribution is -2.28. The molecule has 0 heterocycles. The predicted octanol–water partition coefficient (Wildman–Crippen LogP) is 1.94. The molecule has 0 fully saturated rings. The smallest absolute Gasteiger partial charge is 0.409 e. The molecule has 0 saturated heterocycles. The van der Waals surface area contributed by atoms with Crippen molar-refractivity contribution in [1.29, 1.82) is 0 Å². The van der Waals surface area contributed by atoms with E-state index in [4.69, 9.17) is 9.47 Å². The van der Waals surface area contributed by atoms with Crippen LogP contribution in [-0.4, -0.2) is 45.9 Å². The molecule has 1 amide bonds. The van der Waals surface area contributed by atoms with Crippen molar-refractivity contribution in [2.75, 3.05) is 34.9 Å². The molecule has 0 aliphatic carbocycles. The molecule has 5 nitrogen and oxygen atoms in total. The summed E-state index contributed by atoms with van der Waals surface area (Å²) < 4.78 is 15.0. The maximum absolute atomic E-state index is 11.2. The van der Waals surface area contributed by atoms with Crippen molar-refractivity contribution in [2.24, 2.45) is 0 Å². The number of rotatable bonds is 5. The third-order valence-electron chi connectivity index (χ3n) is 2.67. The first-order chi connectivity index (χ1) is 8.62. The zero-order chi connectivity index (χ0) is 13.5. The zero-order valence-corrected chi connectivity index (χ0v) is 11.2. The summed E-state index contributed by atoms with van der Waals surface area (Å²) in [6.07, 6.45) is 0.391. The van der Waals surface area contributed by atoms with Crippen LogP contribution in [-0.2, 0) is 11.2 Å². The number of methoxy groups -OCH3 is 3. The summed E-state index contributed by atoms with van der Waals surface area (Å²) in [5.74, 6) is 1.39. The minimum atomic E-state index is -0.338. The molecule has 100 valence electrons. The standard InChI is InChI=1S/C13H19NO4/c1-14(13(15)18-4)8-7-10-5-6-11(16-2)12(9-10)17-3/h5-6,9H,7-8H2,1-4H3. The summed E-state index contributed by atoms with van der Waals surface area (Å²) in [6.45, 7) is 0.585. The largest absolute Gasteiger partial charge is 0.493 e. The first kappa shape index (κ1) is 14.2. The van der Waals surface area contributed by atoms with Crippen LogP contribution in [0.2, 0.25) is 0 Å². The number of amides is 1. The van der Waals surface area contributed by atoms with Crippen LogP contribution in [0.3, 0.4) is 0 Å². The fourth-order valence-corrected chi connectivity index (χ4v) is 1.58. The van der Waals surface area contributed by atoms with E-state index in [9.17, 15) is 4.79 Å². The fraction of sp³-hybridized carbons (Fsp3) is 0.462. The van der Waals surface area contributed by atoms with E-state index < -0.39 is 0 Å². The second-order valence-electron chi connectivity index (χ2n) is 3.83. The molecule has 5 heteroatoms. The summed E-state index contributed by atoms with van der Waals surface area (Å²) in [7, 11) is 6.27. The molecule has 0 unspecified atom stereocenters. The first-order valence-electron chi connectivity index (χ1n) is 5.62. The van der Waals surface area contributed by atoms with Gasteiger partial charge in [0.25, 0.3) is 0 Å². The Kier molecular flexibility index (Phi) is 5.30. The highest BCUT2D eigenvalue weighted by Crippen LogP contribution is 2.27. The van der Waals surface area contributed by atoms with Gasteiger partial charge in [0.05, 0.1) is 21.3 Å². The average Bonchev–Trinajstić information content (AvgIpc) is 2.43. The van der Waals surface area contributed by atoms with Crippen LogP contribution in [0.15, 0.2) is 18.2 Å². The molecule has 1 aromatic carbocycles. The molecule has 0 bridgehead atoms. The van der Waals surface area contributed by atoms with E-state index in [1.807, 2.05) is 18.2 Å². The van der Waals surface area contributed by atoms with Gasteiger partial charge >= 0.3 is 6.09 Å². The van der Waals surface area contributed by atoms with Crippen molar-refractivity contribution in [3.8, 4) is 11.5 Å². The molecule has 0 spiro atoms. The van der Waals surface area contributed by atoms with Gasteiger partial charge in [-0.05, 0) is 24.1 Å². The van der Waals surface area contributed by atoms with Gasteiger partial charge in [-0.2, -0.15) is 0 Å². The van der Waals surface area contributed by atoms with Crippen molar-refractivity contribution >= 4 is 6.09 Å². The maximum atomic E-state index is 11.2. The number of likely N-dealkylation sites (N-methyl/N-ethyl adjacent to an activating group) is 1. The SMILES string of the molecule is COC(=O)N(C)CCc1ccc(OC)c(OC)c1. The number of carbonyl (C=O) groups is 1. The molecule has 0 aliphatic rings. The Labute approximate surface area is 107 Å². The lowest BCUT2D eigenvalue weighted by molar-refractivity contribution is 0.134. The van der Waals surface area contributed by atoms with Crippen LogP contribution < -0.4 is 9.47 Å². The fourth-order valence-electron chi connectivity index (χ4n) is 1.58. The van der Waals surface area contributed by atoms with Gasteiger partial charge in [0.15, 0.2) is 11.5 Å². The monoisotopic (exact) mass is 253 g/mol. The highest BCUT2D eigenvalue weighted by Gasteiger charge is 2.09. The molecular formula is C13H19NO4. The quantitative estimate of drug-likeness (QED) is 0.804. The van der Waals surface area contributed by atoms with Crippen molar-refractivity contribution in [2.45, 2.75) is 6.42 Å². The van der Waals surface area contributed by atoms with E-state index in [0.29, 0.717) is 18.0 Å². The molecule has 0 saturated carbocycles. The maximum Gasteiger partial charge on any atom is 0.409 e. The molecular weight excluding hydrogens is 234 g/mol. The Balaban J connectivity index is 2.65. The van der Waals surface area contributed by atoms with E-state index >= 15 is 0 Å². The van der Waals surface area contributed by atoms with Crippen LogP contribution in [0, 0.1) is 0 Å². The Bertz CT molecular complexity index is 406. The molecule has 0 N–H and O–H groups in total. The normalized spacial score (nSPS) is 9.78. The van der Waals surface area contributed by atoms with Crippen LogP contribution in [0.25, 0.3) is 0 Å². The second kappa shape index (κ2) is 6.74. The Morgan fingerprint density at radius 3 is 2.39 bits per heavy atom. The van der Waals surface area contributed by atoms with Crippen molar-refractivity contribution in [3.63, 3.8) is 0 Å². The van der Waals surface area contributed by atoms with Gasteiger partial charge in [-0.25, -0.2) is 4.79 Å². The minimum absolute atomic E-state index is 0.338. The number of hydrogen-bond donors (Lipinski definition) is 0. The van der Waals surface area contributed by atoms with Crippen molar-refractivity contribution < 1.29 is 19.0 Å². The molecule has 0 aromatic heterocycles. The minimum Gasteiger partial charge on any atom is -0.493 e. The number of nitrogens with zero attached hydrogens (tertiary/aromatic N) is 1. The van der Waals surface area contributed by atoms with Crippen LogP contribution in [0.4, 0.5) is 4.79 Å². The Morgan fingerprint density at radius 1 is 1.17 bits per heavy atom. The number of benzene rings is 1. The lowest BCUT2D eigenvalue weighted by atomic mass is 10.1. The topological polar surface area (TPSA) is 48.0 Å². The molecule has 1 rings (SSSR count). The van der Waals surface area contributed by atoms with Gasteiger partial charge in [-0.15, -0.1) is 0 Å². The number of carbonyl (C=O) groups excluding carboxylic acids is 1. The predicted molar refractivity (Wildman–Crippen MR) is 68.3 cm³/mol. The van der Waals surface area contributed by atoms with Crippen LogP contribution in [0.5, 0.6) is 11.5 Å². The van der Waals surface area contributed by atoms with Gasteiger partial charge in [-0.3, -0.25) is 0 Å². The van der Waals surface area contributed by atoms with Crippen molar-refractivity contribution in [3.05, 3.63) is 23.8 Å². The summed E-state index contributed by atoms with van der Waals surface area (Å²) >= 11 is 0. The number of ether oxygens (including phenoxy) is 3. The highest BCUT2D eigenvalue weighted by molar-refractivity contribution is 5.66. The van der Waals surface area contributed by atoms with Crippen LogP contribution in [0.1, 0.15) is 5.56 Å². The van der Waals surface area contributed by atoms with E-state index in [2.05, 4.69) is 4.74 Å². The van der Waals surface area contributed by atoms with E-state index in [1.54, 1.807) is 21.3 Å². The van der Waals surface area contributed by atoms with Crippen LogP contribution >= 0.6 is 0 Å². The third kappa shape index (κ3) is 3.55. The van der Waals surface area contributed by atoms with E-state index in [1.165, 1.54) is 12.0 Å². The van der Waals surface area contributed by atoms with Gasteiger partial charge < -0.3 is 19.1 Å². The summed E-state index contributed by atoms with van der Waals surface area (Å²) in [5, 5.41) is 0. The van der Waals surface area contributed by atoms with Gasteiger partial charge in [0.2, 0.25) is 0 Å². The van der Waals surface area contributed by atoms with E-state index in [-0.39, 0.29) is 6.09 Å². The molecule has 1 aromatic rings. The van der Waals surface area contributed by atoms with Gasteiger partial charge in [-0.1, -0.05) is 6.07 Å². The van der Waals surface area contributed by atoms with Gasteiger partial charge in [0.1, 0.15) is 0 Å². The second-order valence-corrected chi connectivity index (χ2v) is 3.83. The lowest BCUT2D eigenvalue weighted by Gasteiger charge is -2.15. The molecule has 18 heavy (non-hydrogen) atoms. The zero-order valence-electron chi connectivity index (χ0n) is 11.2. The summed E-state index contributed by atoms with van der Waals surface area (Å²) in [5.41, 5.74) is 1.07. The van der Waals surface area contributed by atoms with Crippen molar-refractivity contribution in [1.82, 2.24) is 4.90 Å². The third-order valence-corrected chi connectivity index (χ3v) is 2.67. The Hall–Kier alpha value is -1.91. The Morgan fingerprint density at radius 2 is 1.83 bits per heavy atom. The molecule has 0 aliphatic heterocycles.